The molecule has 0 atom stereocenters. The smallest absolute Gasteiger partial charge is 0.164 e. The van der Waals surface area contributed by atoms with Gasteiger partial charge in [-0.15, -0.1) is 0 Å². The van der Waals surface area contributed by atoms with Crippen LogP contribution in [-0.4, -0.2) is 29.9 Å². The first-order valence-corrected chi connectivity index (χ1v) is 19.9. The number of rotatable bonds is 9. The van der Waals surface area contributed by atoms with Crippen LogP contribution in [0.5, 0.6) is 0 Å². The molecular formula is C54H36N6. The Bertz CT molecular complexity index is 3010. The van der Waals surface area contributed by atoms with Gasteiger partial charge in [-0.05, 0) is 57.6 Å². The van der Waals surface area contributed by atoms with Crippen molar-refractivity contribution in [3.8, 4) is 102 Å². The van der Waals surface area contributed by atoms with Crippen LogP contribution >= 0.6 is 0 Å². The Balaban J connectivity index is 1.14. The van der Waals surface area contributed by atoms with Crippen LogP contribution in [0, 0.1) is 0 Å². The summed E-state index contributed by atoms with van der Waals surface area (Å²) in [5.74, 6) is 3.61. The second-order valence-corrected chi connectivity index (χ2v) is 14.4. The van der Waals surface area contributed by atoms with Gasteiger partial charge in [0.05, 0.1) is 0 Å². The molecule has 0 aliphatic rings. The number of aromatic nitrogens is 6. The van der Waals surface area contributed by atoms with Crippen molar-refractivity contribution in [3.63, 3.8) is 0 Å². The highest BCUT2D eigenvalue weighted by molar-refractivity contribution is 5.84. The van der Waals surface area contributed by atoms with E-state index in [1.165, 1.54) is 0 Å². The number of hydrogen-bond donors (Lipinski definition) is 0. The molecule has 10 rings (SSSR count). The van der Waals surface area contributed by atoms with Crippen LogP contribution in [0.1, 0.15) is 0 Å². The molecule has 6 heteroatoms. The van der Waals surface area contributed by atoms with E-state index in [4.69, 9.17) is 29.9 Å². The molecule has 0 bridgehead atoms. The molecule has 0 spiro atoms. The minimum Gasteiger partial charge on any atom is -0.208 e. The van der Waals surface area contributed by atoms with E-state index in [1.807, 2.05) is 109 Å². The van der Waals surface area contributed by atoms with Crippen molar-refractivity contribution in [1.82, 2.24) is 29.9 Å². The predicted molar refractivity (Wildman–Crippen MR) is 242 cm³/mol. The lowest BCUT2D eigenvalue weighted by Gasteiger charge is -2.14. The van der Waals surface area contributed by atoms with Gasteiger partial charge in [-0.25, -0.2) is 29.9 Å². The topological polar surface area (TPSA) is 77.3 Å². The van der Waals surface area contributed by atoms with Gasteiger partial charge >= 0.3 is 0 Å². The van der Waals surface area contributed by atoms with E-state index in [-0.39, 0.29) is 0 Å². The summed E-state index contributed by atoms with van der Waals surface area (Å²) in [6.07, 6.45) is 0. The summed E-state index contributed by atoms with van der Waals surface area (Å²) < 4.78 is 0. The first kappa shape index (κ1) is 36.1. The fourth-order valence-corrected chi connectivity index (χ4v) is 7.39. The standard InChI is InChI=1S/C54H36N6/c1-6-19-37(20-7-1)44-34-45(42-29-18-30-43(33-42)52-56-49(39-23-10-3-11-24-39)55-50(57-52)40-25-12-4-13-26-40)36-46(35-44)53-58-51(41-27-14-5-15-28-41)59-54(60-53)48-32-17-16-31-47(48)38-21-8-2-9-22-38/h1-36H. The van der Waals surface area contributed by atoms with Crippen molar-refractivity contribution in [2.45, 2.75) is 0 Å². The molecule has 0 unspecified atom stereocenters. The second kappa shape index (κ2) is 16.3. The molecule has 0 fully saturated rings. The Hall–Kier alpha value is -8.22. The normalized spacial score (nSPS) is 11.0. The molecule has 2 aromatic heterocycles. The van der Waals surface area contributed by atoms with Crippen LogP contribution in [0.4, 0.5) is 0 Å². The average molecular weight is 769 g/mol. The molecular weight excluding hydrogens is 733 g/mol. The molecule has 2 heterocycles. The molecule has 282 valence electrons. The van der Waals surface area contributed by atoms with Crippen LogP contribution in [0.25, 0.3) is 102 Å². The lowest BCUT2D eigenvalue weighted by Crippen LogP contribution is -2.01. The maximum atomic E-state index is 5.25. The number of hydrogen-bond acceptors (Lipinski definition) is 6. The van der Waals surface area contributed by atoms with E-state index in [0.717, 1.165) is 66.8 Å². The molecule has 10 aromatic rings. The quantitative estimate of drug-likeness (QED) is 0.145. The van der Waals surface area contributed by atoms with Crippen LogP contribution < -0.4 is 0 Å². The summed E-state index contributed by atoms with van der Waals surface area (Å²) in [5.41, 5.74) is 11.7. The number of benzene rings is 8. The van der Waals surface area contributed by atoms with E-state index < -0.39 is 0 Å². The third kappa shape index (κ3) is 7.61. The van der Waals surface area contributed by atoms with Gasteiger partial charge in [0, 0.05) is 33.4 Å². The first-order valence-electron chi connectivity index (χ1n) is 19.9. The maximum absolute atomic E-state index is 5.25. The summed E-state index contributed by atoms with van der Waals surface area (Å²) in [5, 5.41) is 0. The van der Waals surface area contributed by atoms with Crippen LogP contribution in [0.3, 0.4) is 0 Å². The van der Waals surface area contributed by atoms with E-state index in [1.54, 1.807) is 0 Å². The highest BCUT2D eigenvalue weighted by Crippen LogP contribution is 2.36. The van der Waals surface area contributed by atoms with Gasteiger partial charge in [-0.3, -0.25) is 0 Å². The van der Waals surface area contributed by atoms with Crippen molar-refractivity contribution in [2.24, 2.45) is 0 Å². The highest BCUT2D eigenvalue weighted by Gasteiger charge is 2.18. The van der Waals surface area contributed by atoms with Gasteiger partial charge in [0.15, 0.2) is 34.9 Å². The van der Waals surface area contributed by atoms with Gasteiger partial charge in [-0.2, -0.15) is 0 Å². The molecule has 0 N–H and O–H groups in total. The predicted octanol–water partition coefficient (Wildman–Crippen LogP) is 13.1. The summed E-state index contributed by atoms with van der Waals surface area (Å²) in [7, 11) is 0. The fourth-order valence-electron chi connectivity index (χ4n) is 7.39. The Labute approximate surface area is 348 Å². The molecule has 8 aromatic carbocycles. The monoisotopic (exact) mass is 768 g/mol. The minimum atomic E-state index is 0.578. The lowest BCUT2D eigenvalue weighted by atomic mass is 9.94. The number of nitrogens with zero attached hydrogens (tertiary/aromatic N) is 6. The van der Waals surface area contributed by atoms with Gasteiger partial charge < -0.3 is 0 Å². The fraction of sp³-hybridized carbons (Fsp3) is 0. The van der Waals surface area contributed by atoms with Crippen molar-refractivity contribution in [3.05, 3.63) is 218 Å². The SMILES string of the molecule is c1ccc(-c2cc(-c3cccc(-c4nc(-c5ccccc5)nc(-c5ccccc5)n4)c3)cc(-c3nc(-c4ccccc4)nc(-c4ccccc4-c4ccccc4)n3)c2)cc1. The summed E-state index contributed by atoms with van der Waals surface area (Å²) in [6.45, 7) is 0. The molecule has 60 heavy (non-hydrogen) atoms. The zero-order valence-corrected chi connectivity index (χ0v) is 32.5. The zero-order chi connectivity index (χ0) is 40.1. The van der Waals surface area contributed by atoms with Crippen molar-refractivity contribution >= 4 is 0 Å². The zero-order valence-electron chi connectivity index (χ0n) is 32.5. The Morgan fingerprint density at radius 1 is 0.167 bits per heavy atom. The average Bonchev–Trinajstić information content (AvgIpc) is 3.35. The van der Waals surface area contributed by atoms with Crippen LogP contribution in [0.2, 0.25) is 0 Å². The molecule has 0 aliphatic heterocycles. The van der Waals surface area contributed by atoms with Crippen LogP contribution in [0.15, 0.2) is 218 Å². The van der Waals surface area contributed by atoms with Gasteiger partial charge in [0.2, 0.25) is 0 Å². The van der Waals surface area contributed by atoms with Crippen LogP contribution in [-0.2, 0) is 0 Å². The van der Waals surface area contributed by atoms with Crippen molar-refractivity contribution < 1.29 is 0 Å². The molecule has 0 saturated heterocycles. The largest absolute Gasteiger partial charge is 0.208 e. The third-order valence-corrected chi connectivity index (χ3v) is 10.4. The van der Waals surface area contributed by atoms with Crippen molar-refractivity contribution in [1.29, 1.82) is 0 Å². The maximum Gasteiger partial charge on any atom is 0.164 e. The summed E-state index contributed by atoms with van der Waals surface area (Å²) >= 11 is 0. The highest BCUT2D eigenvalue weighted by atomic mass is 15.0. The molecule has 0 aliphatic carbocycles. The molecule has 0 radical (unpaired) electrons. The lowest BCUT2D eigenvalue weighted by molar-refractivity contribution is 1.07. The summed E-state index contributed by atoms with van der Waals surface area (Å²) in [4.78, 5) is 30.5. The van der Waals surface area contributed by atoms with Gasteiger partial charge in [0.1, 0.15) is 0 Å². The van der Waals surface area contributed by atoms with Gasteiger partial charge in [0.25, 0.3) is 0 Å². The first-order chi connectivity index (χ1) is 29.7. The summed E-state index contributed by atoms with van der Waals surface area (Å²) in [6, 6.07) is 74.2. The second-order valence-electron chi connectivity index (χ2n) is 14.4. The van der Waals surface area contributed by atoms with Crippen molar-refractivity contribution in [2.75, 3.05) is 0 Å². The van der Waals surface area contributed by atoms with Gasteiger partial charge in [-0.1, -0.05) is 194 Å². The minimum absolute atomic E-state index is 0.578. The van der Waals surface area contributed by atoms with E-state index >= 15 is 0 Å². The van der Waals surface area contributed by atoms with E-state index in [9.17, 15) is 0 Å². The molecule has 0 saturated carbocycles. The molecule has 6 nitrogen and oxygen atoms in total. The van der Waals surface area contributed by atoms with E-state index in [2.05, 4.69) is 109 Å². The molecule has 0 amide bonds. The Morgan fingerprint density at radius 3 is 0.967 bits per heavy atom. The third-order valence-electron chi connectivity index (χ3n) is 10.4. The Morgan fingerprint density at radius 2 is 0.467 bits per heavy atom. The van der Waals surface area contributed by atoms with E-state index in [0.29, 0.717) is 34.9 Å². The Kier molecular flexibility index (Phi) is 9.84.